The molecule has 0 aromatic heterocycles. The molecular weight excluding hydrogens is 212 g/mol. The molecule has 17 heavy (non-hydrogen) atoms. The molecule has 0 heterocycles. The number of ether oxygens (including phenoxy) is 1. The molecule has 3 heteroatoms. The van der Waals surface area contributed by atoms with E-state index in [-0.39, 0.29) is 5.60 Å². The van der Waals surface area contributed by atoms with Crippen LogP contribution in [0, 0.1) is 5.92 Å². The fourth-order valence-corrected chi connectivity index (χ4v) is 1.12. The molecule has 0 aromatic rings. The van der Waals surface area contributed by atoms with Crippen molar-refractivity contribution in [2.45, 2.75) is 47.1 Å². The summed E-state index contributed by atoms with van der Waals surface area (Å²) in [6.45, 7) is 15.8. The first-order chi connectivity index (χ1) is 7.67. The monoisotopic (exact) mass is 246 g/mol. The Morgan fingerprint density at radius 1 is 1.06 bits per heavy atom. The van der Waals surface area contributed by atoms with E-state index < -0.39 is 0 Å². The van der Waals surface area contributed by atoms with Crippen LogP contribution in [0.2, 0.25) is 0 Å². The van der Waals surface area contributed by atoms with Gasteiger partial charge in [-0.3, -0.25) is 9.80 Å². The van der Waals surface area contributed by atoms with Gasteiger partial charge in [0.25, 0.3) is 0 Å². The minimum atomic E-state index is 0.0503. The van der Waals surface area contributed by atoms with Crippen LogP contribution >= 0.6 is 0 Å². The Morgan fingerprint density at radius 3 is 1.65 bits per heavy atom. The maximum atomic E-state index is 5.49. The van der Waals surface area contributed by atoms with Crippen molar-refractivity contribution in [3.8, 4) is 0 Å². The molecule has 106 valence electrons. The lowest BCUT2D eigenvalue weighted by atomic mass is 9.95. The summed E-state index contributed by atoms with van der Waals surface area (Å²) in [4.78, 5) is 4.41. The van der Waals surface area contributed by atoms with Crippen molar-refractivity contribution < 1.29 is 4.74 Å². The van der Waals surface area contributed by atoms with E-state index in [1.807, 2.05) is 6.92 Å². The van der Waals surface area contributed by atoms with Crippen molar-refractivity contribution >= 4 is 0 Å². The van der Waals surface area contributed by atoms with Gasteiger partial charge < -0.3 is 4.74 Å². The summed E-state index contributed by atoms with van der Waals surface area (Å²) in [5.74, 6) is 0.595. The lowest BCUT2D eigenvalue weighted by Gasteiger charge is -2.28. The van der Waals surface area contributed by atoms with Crippen LogP contribution in [0.25, 0.3) is 0 Å². The van der Waals surface area contributed by atoms with Crippen molar-refractivity contribution in [1.29, 1.82) is 0 Å². The Bertz CT molecular complexity index is 168. The molecule has 0 N–H and O–H groups in total. The quantitative estimate of drug-likeness (QED) is 0.670. The van der Waals surface area contributed by atoms with Crippen LogP contribution < -0.4 is 0 Å². The highest BCUT2D eigenvalue weighted by molar-refractivity contribution is 4.71. The molecule has 0 aromatic carbocycles. The van der Waals surface area contributed by atoms with E-state index in [9.17, 15) is 0 Å². The summed E-state index contributed by atoms with van der Waals surface area (Å²) in [7, 11) is 6.26. The normalized spacial score (nSPS) is 12.0. The van der Waals surface area contributed by atoms with Crippen molar-refractivity contribution in [1.82, 2.24) is 9.80 Å². The van der Waals surface area contributed by atoms with Gasteiger partial charge >= 0.3 is 0 Å². The van der Waals surface area contributed by atoms with Crippen LogP contribution in [0.1, 0.15) is 41.5 Å². The Labute approximate surface area is 109 Å². The van der Waals surface area contributed by atoms with E-state index in [4.69, 9.17) is 4.74 Å². The van der Waals surface area contributed by atoms with Crippen LogP contribution in [0.5, 0.6) is 0 Å². The van der Waals surface area contributed by atoms with Gasteiger partial charge in [-0.1, -0.05) is 20.8 Å². The zero-order chi connectivity index (χ0) is 14.1. The van der Waals surface area contributed by atoms with Crippen LogP contribution in [0.15, 0.2) is 0 Å². The zero-order valence-electron chi connectivity index (χ0n) is 13.5. The Balaban J connectivity index is 0. The molecule has 0 saturated heterocycles. The van der Waals surface area contributed by atoms with Gasteiger partial charge in [-0.25, -0.2) is 0 Å². The molecule has 3 nitrogen and oxygen atoms in total. The van der Waals surface area contributed by atoms with E-state index >= 15 is 0 Å². The summed E-state index contributed by atoms with van der Waals surface area (Å²) in [6.07, 6.45) is 0. The molecule has 0 saturated carbocycles. The minimum absolute atomic E-state index is 0.0503. The second-order valence-corrected chi connectivity index (χ2v) is 5.58. The molecule has 0 unspecified atom stereocenters. The van der Waals surface area contributed by atoms with Crippen molar-refractivity contribution in [2.24, 2.45) is 5.92 Å². The Hall–Kier alpha value is -0.120. The van der Waals surface area contributed by atoms with Gasteiger partial charge in [0.1, 0.15) is 0 Å². The van der Waals surface area contributed by atoms with Crippen LogP contribution in [0.4, 0.5) is 0 Å². The average Bonchev–Trinajstić information content (AvgIpc) is 2.17. The first-order valence-electron chi connectivity index (χ1n) is 6.64. The molecular formula is C14H34N2O. The topological polar surface area (TPSA) is 15.7 Å². The van der Waals surface area contributed by atoms with Crippen LogP contribution in [0.3, 0.4) is 0 Å². The number of hydrogen-bond donors (Lipinski definition) is 0. The SMILES string of the molecule is CCN(C)CN(C)C.CCOC(C)(C)C(C)C. The average molecular weight is 246 g/mol. The maximum Gasteiger partial charge on any atom is 0.0649 e. The van der Waals surface area contributed by atoms with E-state index in [0.29, 0.717) is 5.92 Å². The second kappa shape index (κ2) is 9.86. The predicted octanol–water partition coefficient (Wildman–Crippen LogP) is 2.91. The van der Waals surface area contributed by atoms with Crippen molar-refractivity contribution in [2.75, 3.05) is 41.0 Å². The molecule has 0 bridgehead atoms. The van der Waals surface area contributed by atoms with Crippen LogP contribution in [-0.2, 0) is 4.74 Å². The second-order valence-electron chi connectivity index (χ2n) is 5.58. The third kappa shape index (κ3) is 12.1. The third-order valence-corrected chi connectivity index (χ3v) is 2.97. The zero-order valence-corrected chi connectivity index (χ0v) is 13.5. The van der Waals surface area contributed by atoms with Crippen LogP contribution in [-0.4, -0.2) is 56.4 Å². The van der Waals surface area contributed by atoms with E-state index in [1.165, 1.54) is 0 Å². The third-order valence-electron chi connectivity index (χ3n) is 2.97. The van der Waals surface area contributed by atoms with Crippen molar-refractivity contribution in [3.63, 3.8) is 0 Å². The Morgan fingerprint density at radius 2 is 1.53 bits per heavy atom. The first-order valence-corrected chi connectivity index (χ1v) is 6.64. The summed E-state index contributed by atoms with van der Waals surface area (Å²) < 4.78 is 5.49. The van der Waals surface area contributed by atoms with Gasteiger partial charge in [-0.05, 0) is 54.4 Å². The van der Waals surface area contributed by atoms with Gasteiger partial charge in [0.2, 0.25) is 0 Å². The molecule has 0 aliphatic carbocycles. The van der Waals surface area contributed by atoms with Gasteiger partial charge in [-0.2, -0.15) is 0 Å². The number of hydrogen-bond acceptors (Lipinski definition) is 3. The maximum absolute atomic E-state index is 5.49. The minimum Gasteiger partial charge on any atom is -0.376 e. The van der Waals surface area contributed by atoms with Gasteiger partial charge in [0.05, 0.1) is 5.60 Å². The highest BCUT2D eigenvalue weighted by Crippen LogP contribution is 2.19. The summed E-state index contributed by atoms with van der Waals surface area (Å²) in [5, 5.41) is 0. The first kappa shape index (κ1) is 19.2. The molecule has 0 fully saturated rings. The highest BCUT2D eigenvalue weighted by atomic mass is 16.5. The Kier molecular flexibility index (Phi) is 11.2. The predicted molar refractivity (Wildman–Crippen MR) is 77.4 cm³/mol. The molecule has 0 atom stereocenters. The lowest BCUT2D eigenvalue weighted by Crippen LogP contribution is -2.30. The van der Waals surface area contributed by atoms with Gasteiger partial charge in [-0.15, -0.1) is 0 Å². The molecule has 0 spiro atoms. The van der Waals surface area contributed by atoms with E-state index in [2.05, 4.69) is 65.6 Å². The molecule has 0 rings (SSSR count). The number of rotatable bonds is 6. The fourth-order valence-electron chi connectivity index (χ4n) is 1.12. The largest absolute Gasteiger partial charge is 0.376 e. The standard InChI is InChI=1S/C8H18O.C6H16N2/c1-6-9-8(4,5)7(2)3;1-5-8(4)6-7(2)3/h7H,6H2,1-5H3;5-6H2,1-4H3. The summed E-state index contributed by atoms with van der Waals surface area (Å²) in [5.41, 5.74) is 0.0503. The molecule has 0 aliphatic rings. The fraction of sp³-hybridized carbons (Fsp3) is 1.00. The lowest BCUT2D eigenvalue weighted by molar-refractivity contribution is -0.0437. The number of nitrogens with zero attached hydrogens (tertiary/aromatic N) is 2. The van der Waals surface area contributed by atoms with Gasteiger partial charge in [0.15, 0.2) is 0 Å². The van der Waals surface area contributed by atoms with Crippen molar-refractivity contribution in [3.05, 3.63) is 0 Å². The van der Waals surface area contributed by atoms with E-state index in [0.717, 1.165) is 19.8 Å². The summed E-state index contributed by atoms with van der Waals surface area (Å²) in [6, 6.07) is 0. The smallest absolute Gasteiger partial charge is 0.0649 e. The molecule has 0 aliphatic heterocycles. The van der Waals surface area contributed by atoms with E-state index in [1.54, 1.807) is 0 Å². The summed E-state index contributed by atoms with van der Waals surface area (Å²) >= 11 is 0. The molecule has 0 amide bonds. The van der Waals surface area contributed by atoms with Gasteiger partial charge in [0, 0.05) is 13.3 Å². The highest BCUT2D eigenvalue weighted by Gasteiger charge is 2.21. The molecule has 0 radical (unpaired) electrons.